The van der Waals surface area contributed by atoms with Crippen LogP contribution in [0.3, 0.4) is 0 Å². The van der Waals surface area contributed by atoms with Crippen molar-refractivity contribution in [3.8, 4) is 0 Å². The zero-order valence-corrected chi connectivity index (χ0v) is 12.8. The molecule has 5 heteroatoms. The average molecular weight is 330 g/mol. The Morgan fingerprint density at radius 2 is 2.12 bits per heavy atom. The summed E-state index contributed by atoms with van der Waals surface area (Å²) in [5, 5.41) is 2.93. The Morgan fingerprint density at radius 1 is 1.35 bits per heavy atom. The number of amides is 1. The third-order valence-corrected chi connectivity index (χ3v) is 5.44. The molecule has 0 atom stereocenters. The molecule has 0 aliphatic heterocycles. The third kappa shape index (κ3) is 3.18. The molecule has 2 aromatic rings. The first kappa shape index (κ1) is 12.8. The Morgan fingerprint density at radius 3 is 2.65 bits per heavy atom. The van der Waals surface area contributed by atoms with Crippen molar-refractivity contribution in [2.24, 2.45) is 0 Å². The van der Waals surface area contributed by atoms with Gasteiger partial charge in [-0.25, -0.2) is 0 Å². The lowest BCUT2D eigenvalue weighted by Crippen LogP contribution is -2.21. The van der Waals surface area contributed by atoms with Gasteiger partial charge in [-0.15, -0.1) is 22.7 Å². The zero-order chi connectivity index (χ0) is 12.4. The maximum absolute atomic E-state index is 11.9. The molecule has 0 aromatic carbocycles. The van der Waals surface area contributed by atoms with Crippen molar-refractivity contribution in [2.75, 3.05) is 0 Å². The molecule has 0 saturated carbocycles. The number of thiophene rings is 2. The summed E-state index contributed by atoms with van der Waals surface area (Å²) in [7, 11) is 0. The van der Waals surface area contributed by atoms with Gasteiger partial charge in [-0.2, -0.15) is 0 Å². The Labute approximate surface area is 117 Å². The predicted molar refractivity (Wildman–Crippen MR) is 77.0 cm³/mol. The second kappa shape index (κ2) is 5.33. The maximum Gasteiger partial charge on any atom is 0.261 e. The summed E-state index contributed by atoms with van der Waals surface area (Å²) in [5.41, 5.74) is 1.10. The lowest BCUT2D eigenvalue weighted by atomic mass is 10.3. The maximum atomic E-state index is 11.9. The fraction of sp³-hybridized carbons (Fsp3) is 0.250. The van der Waals surface area contributed by atoms with Crippen molar-refractivity contribution in [3.05, 3.63) is 42.2 Å². The number of hydrogen-bond donors (Lipinski definition) is 1. The SMILES string of the molecule is Cc1ccc(CNC(=O)c2cc(C)c(Br)s2)s1. The van der Waals surface area contributed by atoms with Crippen LogP contribution in [-0.2, 0) is 6.54 Å². The van der Waals surface area contributed by atoms with Crippen molar-refractivity contribution < 1.29 is 4.79 Å². The highest BCUT2D eigenvalue weighted by Gasteiger charge is 2.10. The summed E-state index contributed by atoms with van der Waals surface area (Å²) >= 11 is 6.61. The van der Waals surface area contributed by atoms with Gasteiger partial charge < -0.3 is 5.32 Å². The van der Waals surface area contributed by atoms with Gasteiger partial charge in [-0.1, -0.05) is 0 Å². The lowest BCUT2D eigenvalue weighted by molar-refractivity contribution is 0.0955. The summed E-state index contributed by atoms with van der Waals surface area (Å²) in [6.45, 7) is 4.65. The minimum atomic E-state index is -0.00477. The summed E-state index contributed by atoms with van der Waals surface area (Å²) in [4.78, 5) is 15.1. The molecule has 2 nitrogen and oxygen atoms in total. The summed E-state index contributed by atoms with van der Waals surface area (Å²) in [6.07, 6.45) is 0. The number of aryl methyl sites for hydroxylation is 2. The highest BCUT2D eigenvalue weighted by Crippen LogP contribution is 2.27. The van der Waals surface area contributed by atoms with Crippen LogP contribution in [-0.4, -0.2) is 5.91 Å². The van der Waals surface area contributed by atoms with Crippen LogP contribution in [0.4, 0.5) is 0 Å². The van der Waals surface area contributed by atoms with Crippen molar-refractivity contribution >= 4 is 44.5 Å². The van der Waals surface area contributed by atoms with Gasteiger partial charge in [0.2, 0.25) is 0 Å². The molecule has 0 spiro atoms. The molecule has 0 aliphatic rings. The molecule has 0 unspecified atom stereocenters. The summed E-state index contributed by atoms with van der Waals surface area (Å²) in [5.74, 6) is -0.00477. The van der Waals surface area contributed by atoms with Crippen LogP contribution in [0.5, 0.6) is 0 Å². The first-order valence-electron chi connectivity index (χ1n) is 5.15. The molecule has 1 N–H and O–H groups in total. The third-order valence-electron chi connectivity index (χ3n) is 2.30. The molecule has 90 valence electrons. The Balaban J connectivity index is 1.98. The number of carbonyl (C=O) groups excluding carboxylic acids is 1. The lowest BCUT2D eigenvalue weighted by Gasteiger charge is -2.00. The highest BCUT2D eigenvalue weighted by molar-refractivity contribution is 9.11. The molecule has 2 heterocycles. The van der Waals surface area contributed by atoms with Gasteiger partial charge in [0, 0.05) is 9.75 Å². The van der Waals surface area contributed by atoms with Crippen molar-refractivity contribution in [2.45, 2.75) is 20.4 Å². The molecule has 17 heavy (non-hydrogen) atoms. The molecule has 0 radical (unpaired) electrons. The minimum absolute atomic E-state index is 0.00477. The van der Waals surface area contributed by atoms with E-state index in [1.165, 1.54) is 21.1 Å². The largest absolute Gasteiger partial charge is 0.346 e. The minimum Gasteiger partial charge on any atom is -0.346 e. The molecule has 1 amide bonds. The van der Waals surface area contributed by atoms with E-state index in [4.69, 9.17) is 0 Å². The Bertz CT molecular complexity index is 525. The van der Waals surface area contributed by atoms with Gasteiger partial charge >= 0.3 is 0 Å². The summed E-state index contributed by atoms with van der Waals surface area (Å²) < 4.78 is 1.02. The molecule has 0 fully saturated rings. The van der Waals surface area contributed by atoms with E-state index in [1.807, 2.05) is 13.0 Å². The number of halogens is 1. The van der Waals surface area contributed by atoms with Crippen molar-refractivity contribution in [1.29, 1.82) is 0 Å². The second-order valence-corrected chi connectivity index (χ2v) is 7.50. The summed E-state index contributed by atoms with van der Waals surface area (Å²) in [6, 6.07) is 6.03. The molecule has 0 bridgehead atoms. The van der Waals surface area contributed by atoms with Gasteiger partial charge in [-0.3, -0.25) is 4.79 Å². The number of nitrogens with one attached hydrogen (secondary N) is 1. The van der Waals surface area contributed by atoms with Crippen LogP contribution in [0.25, 0.3) is 0 Å². The van der Waals surface area contributed by atoms with Crippen LogP contribution in [0.1, 0.15) is 25.0 Å². The fourth-order valence-electron chi connectivity index (χ4n) is 1.41. The number of rotatable bonds is 3. The zero-order valence-electron chi connectivity index (χ0n) is 9.54. The first-order chi connectivity index (χ1) is 8.06. The number of carbonyl (C=O) groups is 1. The van der Waals surface area contributed by atoms with E-state index in [0.717, 1.165) is 14.2 Å². The van der Waals surface area contributed by atoms with Gasteiger partial charge in [0.25, 0.3) is 5.91 Å². The van der Waals surface area contributed by atoms with E-state index in [-0.39, 0.29) is 5.91 Å². The first-order valence-corrected chi connectivity index (χ1v) is 7.58. The molecule has 0 saturated heterocycles. The molecule has 0 aliphatic carbocycles. The highest BCUT2D eigenvalue weighted by atomic mass is 79.9. The number of hydrogen-bond acceptors (Lipinski definition) is 3. The van der Waals surface area contributed by atoms with Crippen LogP contribution in [0.2, 0.25) is 0 Å². The van der Waals surface area contributed by atoms with Gasteiger partial charge in [-0.05, 0) is 53.5 Å². The van der Waals surface area contributed by atoms with E-state index in [9.17, 15) is 4.79 Å². The van der Waals surface area contributed by atoms with E-state index < -0.39 is 0 Å². The molecule has 2 rings (SSSR count). The van der Waals surface area contributed by atoms with Gasteiger partial charge in [0.1, 0.15) is 0 Å². The molecular weight excluding hydrogens is 318 g/mol. The second-order valence-electron chi connectivity index (χ2n) is 3.76. The van der Waals surface area contributed by atoms with Crippen LogP contribution in [0.15, 0.2) is 22.0 Å². The molecule has 2 aromatic heterocycles. The van der Waals surface area contributed by atoms with Crippen LogP contribution >= 0.6 is 38.6 Å². The quantitative estimate of drug-likeness (QED) is 0.901. The van der Waals surface area contributed by atoms with E-state index >= 15 is 0 Å². The van der Waals surface area contributed by atoms with Crippen molar-refractivity contribution in [3.63, 3.8) is 0 Å². The fourth-order valence-corrected chi connectivity index (χ4v) is 3.69. The smallest absolute Gasteiger partial charge is 0.261 e. The van der Waals surface area contributed by atoms with E-state index in [1.54, 1.807) is 11.3 Å². The topological polar surface area (TPSA) is 29.1 Å². The monoisotopic (exact) mass is 329 g/mol. The Kier molecular flexibility index (Phi) is 4.01. The standard InChI is InChI=1S/C12H12BrNOS2/c1-7-5-10(17-11(7)13)12(15)14-6-9-4-3-8(2)16-9/h3-5H,6H2,1-2H3,(H,14,15). The van der Waals surface area contributed by atoms with Crippen molar-refractivity contribution in [1.82, 2.24) is 5.32 Å². The van der Waals surface area contributed by atoms with Gasteiger partial charge in [0.05, 0.1) is 15.2 Å². The Hall–Kier alpha value is -0.650. The van der Waals surface area contributed by atoms with Crippen LogP contribution in [0, 0.1) is 13.8 Å². The normalized spacial score (nSPS) is 10.5. The molecular formula is C12H12BrNOS2. The van der Waals surface area contributed by atoms with Gasteiger partial charge in [0.15, 0.2) is 0 Å². The van der Waals surface area contributed by atoms with Crippen LogP contribution < -0.4 is 5.32 Å². The predicted octanol–water partition coefficient (Wildman–Crippen LogP) is 4.12. The van der Waals surface area contributed by atoms with E-state index in [2.05, 4.69) is 40.3 Å². The van der Waals surface area contributed by atoms with E-state index in [0.29, 0.717) is 6.54 Å². The average Bonchev–Trinajstić information content (AvgIpc) is 2.83.